The smallest absolute Gasteiger partial charge is 0.416 e. The molecule has 0 atom stereocenters. The number of hydrogen-bond donors (Lipinski definition) is 0. The fourth-order valence-electron chi connectivity index (χ4n) is 1.79. The number of nitro benzene ring substituents is 1. The number of rotatable bonds is 4. The molecule has 0 saturated heterocycles. The van der Waals surface area contributed by atoms with Gasteiger partial charge < -0.3 is 4.74 Å². The van der Waals surface area contributed by atoms with Gasteiger partial charge in [-0.05, 0) is 28.1 Å². The summed E-state index contributed by atoms with van der Waals surface area (Å²) >= 11 is 3.14. The number of ether oxygens (including phenoxy) is 1. The topological polar surface area (TPSA) is 52.4 Å². The Morgan fingerprint density at radius 3 is 2.50 bits per heavy atom. The third kappa shape index (κ3) is 3.76. The standard InChI is InChI=1S/C14H9BrF3NO3/c15-12-6-5-10(19(20)21)7-13(12)22-8-9-3-1-2-4-11(9)14(16,17)18/h1-7H,8H2. The number of benzene rings is 2. The first-order chi connectivity index (χ1) is 10.3. The summed E-state index contributed by atoms with van der Waals surface area (Å²) in [6.45, 7) is -0.352. The molecular weight excluding hydrogens is 367 g/mol. The summed E-state index contributed by atoms with van der Waals surface area (Å²) in [6, 6.07) is 8.84. The van der Waals surface area contributed by atoms with E-state index in [4.69, 9.17) is 4.74 Å². The molecule has 0 unspecified atom stereocenters. The number of nitrogens with zero attached hydrogens (tertiary/aromatic N) is 1. The Morgan fingerprint density at radius 1 is 1.18 bits per heavy atom. The molecule has 0 saturated carbocycles. The SMILES string of the molecule is O=[N+]([O-])c1ccc(Br)c(OCc2ccccc2C(F)(F)F)c1. The molecule has 0 aliphatic carbocycles. The molecule has 116 valence electrons. The molecule has 0 bridgehead atoms. The van der Waals surface area contributed by atoms with Gasteiger partial charge in [-0.15, -0.1) is 0 Å². The van der Waals surface area contributed by atoms with Crippen LogP contribution in [0.15, 0.2) is 46.9 Å². The summed E-state index contributed by atoms with van der Waals surface area (Å²) in [5.41, 5.74) is -1.05. The number of halogens is 4. The minimum atomic E-state index is -4.49. The lowest BCUT2D eigenvalue weighted by atomic mass is 10.1. The highest BCUT2D eigenvalue weighted by Gasteiger charge is 2.33. The Bertz CT molecular complexity index is 704. The van der Waals surface area contributed by atoms with Gasteiger partial charge in [0.15, 0.2) is 0 Å². The Hall–Kier alpha value is -2.09. The van der Waals surface area contributed by atoms with Crippen molar-refractivity contribution in [2.75, 3.05) is 0 Å². The molecule has 2 aromatic carbocycles. The van der Waals surface area contributed by atoms with Crippen molar-refractivity contribution in [3.8, 4) is 5.75 Å². The predicted molar refractivity (Wildman–Crippen MR) is 76.6 cm³/mol. The van der Waals surface area contributed by atoms with E-state index in [0.29, 0.717) is 4.47 Å². The molecule has 0 spiro atoms. The van der Waals surface area contributed by atoms with Gasteiger partial charge in [0, 0.05) is 11.6 Å². The van der Waals surface area contributed by atoms with E-state index >= 15 is 0 Å². The van der Waals surface area contributed by atoms with Gasteiger partial charge in [-0.25, -0.2) is 0 Å². The predicted octanol–water partition coefficient (Wildman–Crippen LogP) is 4.96. The molecule has 0 fully saturated rings. The summed E-state index contributed by atoms with van der Waals surface area (Å²) in [5, 5.41) is 10.7. The minimum absolute atomic E-state index is 0.0478. The molecule has 0 aliphatic heterocycles. The van der Waals surface area contributed by atoms with Gasteiger partial charge >= 0.3 is 6.18 Å². The number of alkyl halides is 3. The van der Waals surface area contributed by atoms with Crippen LogP contribution in [0.25, 0.3) is 0 Å². The number of nitro groups is 1. The van der Waals surface area contributed by atoms with Crippen LogP contribution < -0.4 is 4.74 Å². The molecule has 0 N–H and O–H groups in total. The maximum absolute atomic E-state index is 12.9. The third-order valence-electron chi connectivity index (χ3n) is 2.83. The lowest BCUT2D eigenvalue weighted by Gasteiger charge is -2.14. The van der Waals surface area contributed by atoms with E-state index in [1.54, 1.807) is 0 Å². The zero-order valence-corrected chi connectivity index (χ0v) is 12.5. The Kier molecular flexibility index (Phi) is 4.70. The lowest BCUT2D eigenvalue weighted by Crippen LogP contribution is -2.10. The second kappa shape index (κ2) is 6.35. The van der Waals surface area contributed by atoms with E-state index in [2.05, 4.69) is 15.9 Å². The van der Waals surface area contributed by atoms with Crippen molar-refractivity contribution in [3.63, 3.8) is 0 Å². The molecule has 8 heteroatoms. The summed E-state index contributed by atoms with van der Waals surface area (Å²) in [4.78, 5) is 10.1. The van der Waals surface area contributed by atoms with Crippen molar-refractivity contribution in [1.29, 1.82) is 0 Å². The fraction of sp³-hybridized carbons (Fsp3) is 0.143. The molecule has 0 aliphatic rings. The largest absolute Gasteiger partial charge is 0.487 e. The highest BCUT2D eigenvalue weighted by molar-refractivity contribution is 9.10. The molecule has 0 heterocycles. The maximum Gasteiger partial charge on any atom is 0.416 e. The van der Waals surface area contributed by atoms with E-state index in [1.165, 1.54) is 30.3 Å². The average molecular weight is 376 g/mol. The van der Waals surface area contributed by atoms with Crippen LogP contribution in [0.1, 0.15) is 11.1 Å². The summed E-state index contributed by atoms with van der Waals surface area (Å²) in [7, 11) is 0. The normalized spacial score (nSPS) is 11.3. The van der Waals surface area contributed by atoms with Crippen molar-refractivity contribution in [2.24, 2.45) is 0 Å². The van der Waals surface area contributed by atoms with Crippen molar-refractivity contribution in [2.45, 2.75) is 12.8 Å². The Labute approximate surface area is 131 Å². The van der Waals surface area contributed by atoms with Gasteiger partial charge in [0.2, 0.25) is 0 Å². The van der Waals surface area contributed by atoms with Crippen LogP contribution in [-0.4, -0.2) is 4.92 Å². The summed E-state index contributed by atoms with van der Waals surface area (Å²) < 4.78 is 44.3. The van der Waals surface area contributed by atoms with Crippen LogP contribution in [0.3, 0.4) is 0 Å². The second-order valence-corrected chi connectivity index (χ2v) is 5.17. The fourth-order valence-corrected chi connectivity index (χ4v) is 2.16. The number of non-ortho nitro benzene ring substituents is 1. The van der Waals surface area contributed by atoms with Gasteiger partial charge in [0.05, 0.1) is 21.0 Å². The van der Waals surface area contributed by atoms with E-state index in [-0.39, 0.29) is 23.6 Å². The molecule has 0 radical (unpaired) electrons. The molecule has 22 heavy (non-hydrogen) atoms. The van der Waals surface area contributed by atoms with Crippen LogP contribution >= 0.6 is 15.9 Å². The van der Waals surface area contributed by atoms with Gasteiger partial charge in [-0.1, -0.05) is 18.2 Å². The zero-order valence-electron chi connectivity index (χ0n) is 10.9. The first-order valence-electron chi connectivity index (χ1n) is 6.01. The third-order valence-corrected chi connectivity index (χ3v) is 3.49. The van der Waals surface area contributed by atoms with E-state index in [0.717, 1.165) is 12.1 Å². The van der Waals surface area contributed by atoms with Gasteiger partial charge in [0.1, 0.15) is 12.4 Å². The highest BCUT2D eigenvalue weighted by atomic mass is 79.9. The maximum atomic E-state index is 12.9. The van der Waals surface area contributed by atoms with E-state index in [9.17, 15) is 23.3 Å². The number of hydrogen-bond acceptors (Lipinski definition) is 3. The molecule has 0 aromatic heterocycles. The Morgan fingerprint density at radius 2 is 1.86 bits per heavy atom. The second-order valence-electron chi connectivity index (χ2n) is 4.32. The van der Waals surface area contributed by atoms with Crippen molar-refractivity contribution >= 4 is 21.6 Å². The van der Waals surface area contributed by atoms with E-state index < -0.39 is 16.7 Å². The van der Waals surface area contributed by atoms with Crippen LogP contribution in [0, 0.1) is 10.1 Å². The van der Waals surface area contributed by atoms with Crippen LogP contribution in [0.2, 0.25) is 0 Å². The van der Waals surface area contributed by atoms with E-state index in [1.807, 2.05) is 0 Å². The van der Waals surface area contributed by atoms with Crippen molar-refractivity contribution in [1.82, 2.24) is 0 Å². The first-order valence-corrected chi connectivity index (χ1v) is 6.80. The van der Waals surface area contributed by atoms with Crippen LogP contribution in [-0.2, 0) is 12.8 Å². The van der Waals surface area contributed by atoms with Crippen LogP contribution in [0.5, 0.6) is 5.75 Å². The molecule has 4 nitrogen and oxygen atoms in total. The first kappa shape index (κ1) is 16.3. The molecule has 2 rings (SSSR count). The lowest BCUT2D eigenvalue weighted by molar-refractivity contribution is -0.385. The summed E-state index contributed by atoms with van der Waals surface area (Å²) in [5.74, 6) is 0.103. The minimum Gasteiger partial charge on any atom is -0.487 e. The van der Waals surface area contributed by atoms with Crippen molar-refractivity contribution < 1.29 is 22.8 Å². The van der Waals surface area contributed by atoms with Gasteiger partial charge in [0.25, 0.3) is 5.69 Å². The van der Waals surface area contributed by atoms with Crippen molar-refractivity contribution in [3.05, 3.63) is 68.2 Å². The average Bonchev–Trinajstić information content (AvgIpc) is 2.45. The van der Waals surface area contributed by atoms with Crippen LogP contribution in [0.4, 0.5) is 18.9 Å². The molecular formula is C14H9BrF3NO3. The highest BCUT2D eigenvalue weighted by Crippen LogP contribution is 2.34. The van der Waals surface area contributed by atoms with Gasteiger partial charge in [-0.3, -0.25) is 10.1 Å². The quantitative estimate of drug-likeness (QED) is 0.560. The monoisotopic (exact) mass is 375 g/mol. The van der Waals surface area contributed by atoms with Gasteiger partial charge in [-0.2, -0.15) is 13.2 Å². The molecule has 2 aromatic rings. The molecule has 0 amide bonds. The summed E-state index contributed by atoms with van der Waals surface area (Å²) in [6.07, 6.45) is -4.49. The Balaban J connectivity index is 2.24. The zero-order chi connectivity index (χ0) is 16.3.